The van der Waals surface area contributed by atoms with Crippen LogP contribution < -0.4 is 10.6 Å². The second-order valence-corrected chi connectivity index (χ2v) is 3.83. The molecule has 13 heavy (non-hydrogen) atoms. The van der Waals surface area contributed by atoms with Crippen LogP contribution in [0.25, 0.3) is 10.2 Å². The van der Waals surface area contributed by atoms with Gasteiger partial charge >= 0.3 is 4.87 Å². The Kier molecular flexibility index (Phi) is 2.16. The summed E-state index contributed by atoms with van der Waals surface area (Å²) >= 11 is 1.25. The molecule has 0 aliphatic heterocycles. The third-order valence-electron chi connectivity index (χ3n) is 1.94. The molecule has 2 rings (SSSR count). The quantitative estimate of drug-likeness (QED) is 0.751. The van der Waals surface area contributed by atoms with Gasteiger partial charge in [0.1, 0.15) is 0 Å². The zero-order chi connectivity index (χ0) is 9.26. The van der Waals surface area contributed by atoms with Crippen molar-refractivity contribution in [3.05, 3.63) is 33.4 Å². The van der Waals surface area contributed by atoms with Crippen molar-refractivity contribution in [2.45, 2.75) is 6.42 Å². The molecule has 68 valence electrons. The number of aromatic amines is 1. The van der Waals surface area contributed by atoms with Gasteiger partial charge in [-0.15, -0.1) is 0 Å². The van der Waals surface area contributed by atoms with Gasteiger partial charge in [-0.05, 0) is 24.6 Å². The van der Waals surface area contributed by atoms with E-state index in [1.54, 1.807) is 0 Å². The zero-order valence-corrected chi connectivity index (χ0v) is 7.86. The second-order valence-electron chi connectivity index (χ2n) is 2.85. The highest BCUT2D eigenvalue weighted by Crippen LogP contribution is 2.19. The molecule has 0 radical (unpaired) electrons. The van der Waals surface area contributed by atoms with Gasteiger partial charge in [-0.2, -0.15) is 0 Å². The van der Waals surface area contributed by atoms with Gasteiger partial charge in [-0.25, -0.2) is 0 Å². The fraction of sp³-hybridized carbons (Fsp3) is 0.222. The molecular weight excluding hydrogens is 184 g/mol. The van der Waals surface area contributed by atoms with E-state index in [2.05, 4.69) is 4.98 Å². The molecule has 0 saturated heterocycles. The van der Waals surface area contributed by atoms with Crippen LogP contribution in [0.3, 0.4) is 0 Å². The fourth-order valence-corrected chi connectivity index (χ4v) is 2.26. The fourth-order valence-electron chi connectivity index (χ4n) is 1.38. The molecular formula is C9H10N2OS. The minimum absolute atomic E-state index is 0.000489. The first-order chi connectivity index (χ1) is 6.31. The molecule has 0 amide bonds. The molecule has 0 atom stereocenters. The van der Waals surface area contributed by atoms with Crippen molar-refractivity contribution in [3.63, 3.8) is 0 Å². The number of nitrogens with one attached hydrogen (secondary N) is 1. The molecule has 1 aromatic carbocycles. The van der Waals surface area contributed by atoms with E-state index in [1.807, 2.05) is 18.2 Å². The van der Waals surface area contributed by atoms with Crippen molar-refractivity contribution in [1.82, 2.24) is 4.98 Å². The number of hydrogen-bond donors (Lipinski definition) is 2. The van der Waals surface area contributed by atoms with Crippen LogP contribution >= 0.6 is 11.3 Å². The second kappa shape index (κ2) is 3.32. The van der Waals surface area contributed by atoms with Gasteiger partial charge in [0.15, 0.2) is 0 Å². The lowest BCUT2D eigenvalue weighted by molar-refractivity contribution is 0.979. The summed E-state index contributed by atoms with van der Waals surface area (Å²) in [7, 11) is 0. The lowest BCUT2D eigenvalue weighted by atomic mass is 10.1. The smallest absolute Gasteiger partial charge is 0.305 e. The monoisotopic (exact) mass is 194 g/mol. The lowest BCUT2D eigenvalue weighted by Crippen LogP contribution is -2.02. The molecule has 0 aliphatic rings. The van der Waals surface area contributed by atoms with E-state index in [0.29, 0.717) is 6.54 Å². The van der Waals surface area contributed by atoms with E-state index in [1.165, 1.54) is 11.3 Å². The molecule has 0 fully saturated rings. The first-order valence-electron chi connectivity index (χ1n) is 4.12. The topological polar surface area (TPSA) is 58.9 Å². The minimum Gasteiger partial charge on any atom is -0.330 e. The van der Waals surface area contributed by atoms with Crippen LogP contribution in [0.2, 0.25) is 0 Å². The molecule has 4 heteroatoms. The Morgan fingerprint density at radius 3 is 3.08 bits per heavy atom. The largest absolute Gasteiger partial charge is 0.330 e. The summed E-state index contributed by atoms with van der Waals surface area (Å²) in [5, 5.41) is 0. The number of aromatic nitrogens is 1. The van der Waals surface area contributed by atoms with Crippen LogP contribution in [0.15, 0.2) is 23.0 Å². The van der Waals surface area contributed by atoms with Crippen molar-refractivity contribution in [3.8, 4) is 0 Å². The molecule has 3 nitrogen and oxygen atoms in total. The Bertz CT molecular complexity index is 472. The first-order valence-corrected chi connectivity index (χ1v) is 4.93. The SMILES string of the molecule is NCCc1cccc2[nH]c(=O)sc12. The summed E-state index contributed by atoms with van der Waals surface area (Å²) in [5.41, 5.74) is 7.55. The van der Waals surface area contributed by atoms with E-state index in [9.17, 15) is 4.79 Å². The van der Waals surface area contributed by atoms with E-state index in [0.717, 1.165) is 22.2 Å². The van der Waals surface area contributed by atoms with Crippen molar-refractivity contribution in [2.24, 2.45) is 5.73 Å². The normalized spacial score (nSPS) is 10.8. The molecule has 1 heterocycles. The van der Waals surface area contributed by atoms with Crippen molar-refractivity contribution in [1.29, 1.82) is 0 Å². The van der Waals surface area contributed by atoms with Crippen LogP contribution in [-0.2, 0) is 6.42 Å². The van der Waals surface area contributed by atoms with E-state index in [4.69, 9.17) is 5.73 Å². The summed E-state index contributed by atoms with van der Waals surface area (Å²) in [6.45, 7) is 0.616. The van der Waals surface area contributed by atoms with Crippen LogP contribution in [0.1, 0.15) is 5.56 Å². The average molecular weight is 194 g/mol. The highest BCUT2D eigenvalue weighted by Gasteiger charge is 2.03. The van der Waals surface area contributed by atoms with Gasteiger partial charge in [0.2, 0.25) is 0 Å². The van der Waals surface area contributed by atoms with Crippen LogP contribution in [-0.4, -0.2) is 11.5 Å². The molecule has 3 N–H and O–H groups in total. The third kappa shape index (κ3) is 1.50. The molecule has 2 aromatic rings. The van der Waals surface area contributed by atoms with Gasteiger partial charge in [-0.1, -0.05) is 23.5 Å². The molecule has 0 aliphatic carbocycles. The van der Waals surface area contributed by atoms with Gasteiger partial charge < -0.3 is 10.7 Å². The Labute approximate surface area is 79.2 Å². The number of hydrogen-bond acceptors (Lipinski definition) is 3. The van der Waals surface area contributed by atoms with Crippen molar-refractivity contribution >= 4 is 21.6 Å². The lowest BCUT2D eigenvalue weighted by Gasteiger charge is -1.98. The van der Waals surface area contributed by atoms with Gasteiger partial charge in [0, 0.05) is 0 Å². The Hall–Kier alpha value is -1.13. The van der Waals surface area contributed by atoms with Crippen molar-refractivity contribution in [2.75, 3.05) is 6.54 Å². The summed E-state index contributed by atoms with van der Waals surface area (Å²) in [4.78, 5) is 13.9. The number of thiazole rings is 1. The summed E-state index contributed by atoms with van der Waals surface area (Å²) in [6.07, 6.45) is 0.825. The van der Waals surface area contributed by atoms with Gasteiger partial charge in [0.25, 0.3) is 0 Å². The molecule has 0 spiro atoms. The van der Waals surface area contributed by atoms with E-state index >= 15 is 0 Å². The van der Waals surface area contributed by atoms with Crippen molar-refractivity contribution < 1.29 is 0 Å². The summed E-state index contributed by atoms with van der Waals surface area (Å²) in [5.74, 6) is 0. The number of H-pyrrole nitrogens is 1. The van der Waals surface area contributed by atoms with Gasteiger partial charge in [-0.3, -0.25) is 4.79 Å². The van der Waals surface area contributed by atoms with Gasteiger partial charge in [0.05, 0.1) is 10.2 Å². The molecule has 0 saturated carbocycles. The van der Waals surface area contributed by atoms with Crippen LogP contribution in [0, 0.1) is 0 Å². The minimum atomic E-state index is -0.000489. The molecule has 1 aromatic heterocycles. The first kappa shape index (κ1) is 8.47. The summed E-state index contributed by atoms with van der Waals surface area (Å²) < 4.78 is 1.04. The number of benzene rings is 1. The Balaban J connectivity index is 2.67. The molecule has 0 unspecified atom stereocenters. The van der Waals surface area contributed by atoms with Crippen LogP contribution in [0.4, 0.5) is 0 Å². The number of nitrogens with two attached hydrogens (primary N) is 1. The Morgan fingerprint density at radius 2 is 2.31 bits per heavy atom. The standard InChI is InChI=1S/C9H10N2OS/c10-5-4-6-2-1-3-7-8(6)13-9(12)11-7/h1-3H,4-5,10H2,(H,11,12). The predicted octanol–water partition coefficient (Wildman–Crippen LogP) is 1.09. The number of rotatable bonds is 2. The highest BCUT2D eigenvalue weighted by atomic mass is 32.1. The highest BCUT2D eigenvalue weighted by molar-refractivity contribution is 7.16. The maximum absolute atomic E-state index is 11.1. The Morgan fingerprint density at radius 1 is 1.46 bits per heavy atom. The van der Waals surface area contributed by atoms with Crippen LogP contribution in [0.5, 0.6) is 0 Å². The average Bonchev–Trinajstić information content (AvgIpc) is 2.47. The number of fused-ring (bicyclic) bond motifs is 1. The maximum Gasteiger partial charge on any atom is 0.305 e. The van der Waals surface area contributed by atoms with E-state index < -0.39 is 0 Å². The maximum atomic E-state index is 11.1. The summed E-state index contributed by atoms with van der Waals surface area (Å²) in [6, 6.07) is 5.86. The zero-order valence-electron chi connectivity index (χ0n) is 7.04. The molecule has 0 bridgehead atoms. The predicted molar refractivity (Wildman–Crippen MR) is 55.2 cm³/mol. The van der Waals surface area contributed by atoms with E-state index in [-0.39, 0.29) is 4.87 Å². The third-order valence-corrected chi connectivity index (χ3v) is 2.92.